The van der Waals surface area contributed by atoms with E-state index in [-0.39, 0.29) is 5.91 Å². The van der Waals surface area contributed by atoms with Crippen molar-refractivity contribution >= 4 is 11.9 Å². The minimum atomic E-state index is -0.901. The van der Waals surface area contributed by atoms with Crippen LogP contribution in [-0.2, 0) is 14.3 Å². The molecule has 0 radical (unpaired) electrons. The van der Waals surface area contributed by atoms with E-state index in [9.17, 15) is 9.59 Å². The summed E-state index contributed by atoms with van der Waals surface area (Å²) >= 11 is 0. The molecule has 84 valence electrons. The van der Waals surface area contributed by atoms with Crippen LogP contribution in [0.15, 0.2) is 11.6 Å². The average molecular weight is 213 g/mol. The molecule has 0 saturated heterocycles. The lowest BCUT2D eigenvalue weighted by atomic mass is 10.1. The molecule has 0 saturated carbocycles. The summed E-state index contributed by atoms with van der Waals surface area (Å²) in [7, 11) is 1.48. The van der Waals surface area contributed by atoms with Crippen LogP contribution in [0.2, 0.25) is 0 Å². The average Bonchev–Trinajstić information content (AvgIpc) is 2.27. The van der Waals surface area contributed by atoms with Gasteiger partial charge in [0.25, 0.3) is 5.91 Å². The molecule has 15 heavy (non-hydrogen) atoms. The van der Waals surface area contributed by atoms with Crippen molar-refractivity contribution in [2.75, 3.05) is 20.2 Å². The van der Waals surface area contributed by atoms with Gasteiger partial charge in [-0.3, -0.25) is 4.79 Å². The second kappa shape index (κ2) is 4.93. The van der Waals surface area contributed by atoms with Crippen LogP contribution in [0, 0.1) is 0 Å². The van der Waals surface area contributed by atoms with Crippen molar-refractivity contribution in [1.82, 2.24) is 4.90 Å². The van der Waals surface area contributed by atoms with E-state index in [1.165, 1.54) is 7.11 Å². The Morgan fingerprint density at radius 1 is 1.60 bits per heavy atom. The normalized spacial score (nSPS) is 18.3. The van der Waals surface area contributed by atoms with E-state index in [2.05, 4.69) is 0 Å². The Morgan fingerprint density at radius 2 is 2.27 bits per heavy atom. The third kappa shape index (κ3) is 2.79. The van der Waals surface area contributed by atoms with E-state index >= 15 is 0 Å². The van der Waals surface area contributed by atoms with Crippen molar-refractivity contribution in [3.05, 3.63) is 11.6 Å². The number of methoxy groups -OCH3 is 1. The molecule has 1 heterocycles. The number of amides is 1. The zero-order valence-corrected chi connectivity index (χ0v) is 8.90. The molecule has 1 aliphatic heterocycles. The van der Waals surface area contributed by atoms with Crippen LogP contribution in [0.3, 0.4) is 0 Å². The quantitative estimate of drug-likeness (QED) is 0.730. The SMILES string of the molecule is CO[C@@H](C)C(=O)N1CC=C(C(=O)O)CC1. The summed E-state index contributed by atoms with van der Waals surface area (Å²) < 4.78 is 4.91. The van der Waals surface area contributed by atoms with Crippen LogP contribution in [0.1, 0.15) is 13.3 Å². The van der Waals surface area contributed by atoms with Gasteiger partial charge in [-0.05, 0) is 13.3 Å². The number of ether oxygens (including phenoxy) is 1. The fourth-order valence-corrected chi connectivity index (χ4v) is 1.42. The van der Waals surface area contributed by atoms with E-state index in [0.29, 0.717) is 25.1 Å². The second-order valence-electron chi connectivity index (χ2n) is 3.45. The zero-order valence-electron chi connectivity index (χ0n) is 8.90. The number of carbonyl (C=O) groups is 2. The highest BCUT2D eigenvalue weighted by molar-refractivity contribution is 5.87. The molecule has 0 aromatic heterocycles. The Morgan fingerprint density at radius 3 is 2.67 bits per heavy atom. The third-order valence-electron chi connectivity index (χ3n) is 2.50. The summed E-state index contributed by atoms with van der Waals surface area (Å²) in [6.07, 6.45) is 1.51. The number of aliphatic carboxylic acids is 1. The Bertz CT molecular complexity index is 298. The molecule has 0 aliphatic carbocycles. The molecule has 1 atom stereocenters. The molecule has 1 rings (SSSR count). The Kier molecular flexibility index (Phi) is 3.85. The fraction of sp³-hybridized carbons (Fsp3) is 0.600. The summed E-state index contributed by atoms with van der Waals surface area (Å²) in [6.45, 7) is 2.48. The highest BCUT2D eigenvalue weighted by Crippen LogP contribution is 2.12. The van der Waals surface area contributed by atoms with Gasteiger partial charge in [-0.1, -0.05) is 6.08 Å². The smallest absolute Gasteiger partial charge is 0.331 e. The molecule has 0 bridgehead atoms. The van der Waals surface area contributed by atoms with E-state index < -0.39 is 12.1 Å². The molecule has 5 nitrogen and oxygen atoms in total. The molecular weight excluding hydrogens is 198 g/mol. The monoisotopic (exact) mass is 213 g/mol. The number of hydrogen-bond acceptors (Lipinski definition) is 3. The van der Waals surface area contributed by atoms with Gasteiger partial charge in [-0.15, -0.1) is 0 Å². The first-order valence-electron chi connectivity index (χ1n) is 4.80. The van der Waals surface area contributed by atoms with Crippen molar-refractivity contribution < 1.29 is 19.4 Å². The highest BCUT2D eigenvalue weighted by atomic mass is 16.5. The lowest BCUT2D eigenvalue weighted by Gasteiger charge is -2.27. The van der Waals surface area contributed by atoms with Crippen LogP contribution in [0.5, 0.6) is 0 Å². The predicted molar refractivity (Wildman–Crippen MR) is 53.4 cm³/mol. The van der Waals surface area contributed by atoms with Gasteiger partial charge in [-0.25, -0.2) is 4.79 Å². The number of nitrogens with zero attached hydrogens (tertiary/aromatic N) is 1. The van der Waals surface area contributed by atoms with Crippen LogP contribution >= 0.6 is 0 Å². The molecule has 0 aromatic carbocycles. The number of hydrogen-bond donors (Lipinski definition) is 1. The molecule has 1 amide bonds. The highest BCUT2D eigenvalue weighted by Gasteiger charge is 2.23. The summed E-state index contributed by atoms with van der Waals surface area (Å²) in [4.78, 5) is 23.9. The first-order valence-corrected chi connectivity index (χ1v) is 4.80. The number of carboxylic acid groups (broad SMARTS) is 1. The topological polar surface area (TPSA) is 66.8 Å². The molecule has 1 N–H and O–H groups in total. The molecule has 0 spiro atoms. The van der Waals surface area contributed by atoms with E-state index in [4.69, 9.17) is 9.84 Å². The third-order valence-corrected chi connectivity index (χ3v) is 2.50. The predicted octanol–water partition coefficient (Wildman–Crippen LogP) is 0.265. The largest absolute Gasteiger partial charge is 0.478 e. The first-order chi connectivity index (χ1) is 7.06. The fourth-order valence-electron chi connectivity index (χ4n) is 1.42. The Labute approximate surface area is 88.3 Å². The van der Waals surface area contributed by atoms with Gasteiger partial charge in [0.15, 0.2) is 0 Å². The Hall–Kier alpha value is -1.36. The van der Waals surface area contributed by atoms with Crippen molar-refractivity contribution in [2.45, 2.75) is 19.4 Å². The minimum Gasteiger partial charge on any atom is -0.478 e. The first kappa shape index (κ1) is 11.7. The standard InChI is InChI=1S/C10H15NO4/c1-7(15-2)9(12)11-5-3-8(4-6-11)10(13)14/h3,7H,4-6H2,1-2H3,(H,13,14)/t7-/m0/s1. The van der Waals surface area contributed by atoms with Crippen LogP contribution < -0.4 is 0 Å². The maximum Gasteiger partial charge on any atom is 0.331 e. The summed E-state index contributed by atoms with van der Waals surface area (Å²) in [6, 6.07) is 0. The minimum absolute atomic E-state index is 0.0989. The maximum atomic E-state index is 11.6. The maximum absolute atomic E-state index is 11.6. The van der Waals surface area contributed by atoms with Crippen molar-refractivity contribution in [1.29, 1.82) is 0 Å². The van der Waals surface area contributed by atoms with Gasteiger partial charge in [0.05, 0.1) is 0 Å². The molecule has 5 heteroatoms. The van der Waals surface area contributed by atoms with Crippen LogP contribution in [0.25, 0.3) is 0 Å². The number of carbonyl (C=O) groups excluding carboxylic acids is 1. The zero-order chi connectivity index (χ0) is 11.4. The van der Waals surface area contributed by atoms with Gasteiger partial charge in [-0.2, -0.15) is 0 Å². The number of carboxylic acids is 1. The molecule has 1 aliphatic rings. The van der Waals surface area contributed by atoms with Crippen molar-refractivity contribution in [3.8, 4) is 0 Å². The molecule has 0 aromatic rings. The van der Waals surface area contributed by atoms with Crippen LogP contribution in [-0.4, -0.2) is 48.2 Å². The van der Waals surface area contributed by atoms with Gasteiger partial charge < -0.3 is 14.7 Å². The number of rotatable bonds is 3. The summed E-state index contributed by atoms with van der Waals surface area (Å²) in [5, 5.41) is 8.72. The van der Waals surface area contributed by atoms with Crippen molar-refractivity contribution in [3.63, 3.8) is 0 Å². The van der Waals surface area contributed by atoms with Crippen molar-refractivity contribution in [2.24, 2.45) is 0 Å². The van der Waals surface area contributed by atoms with Gasteiger partial charge >= 0.3 is 5.97 Å². The lowest BCUT2D eigenvalue weighted by Crippen LogP contribution is -2.41. The Balaban J connectivity index is 2.57. The summed E-state index contributed by atoms with van der Waals surface area (Å²) in [5.74, 6) is -1.000. The van der Waals surface area contributed by atoms with E-state index in [1.807, 2.05) is 0 Å². The van der Waals surface area contributed by atoms with E-state index in [1.54, 1.807) is 17.9 Å². The lowest BCUT2D eigenvalue weighted by molar-refractivity contribution is -0.141. The second-order valence-corrected chi connectivity index (χ2v) is 3.45. The van der Waals surface area contributed by atoms with Gasteiger partial charge in [0, 0.05) is 25.8 Å². The molecular formula is C10H15NO4. The van der Waals surface area contributed by atoms with E-state index in [0.717, 1.165) is 0 Å². The van der Waals surface area contributed by atoms with Gasteiger partial charge in [0.2, 0.25) is 0 Å². The van der Waals surface area contributed by atoms with Gasteiger partial charge in [0.1, 0.15) is 6.10 Å². The molecule has 0 unspecified atom stereocenters. The summed E-state index contributed by atoms with van der Waals surface area (Å²) in [5.41, 5.74) is 0.379. The van der Waals surface area contributed by atoms with Crippen LogP contribution in [0.4, 0.5) is 0 Å². The molecule has 0 fully saturated rings.